The molecule has 6 nitrogen and oxygen atoms in total. The number of rotatable bonds is 6. The highest BCUT2D eigenvalue weighted by Crippen LogP contribution is 2.18. The van der Waals surface area contributed by atoms with Crippen molar-refractivity contribution in [3.8, 4) is 5.69 Å². The van der Waals surface area contributed by atoms with Gasteiger partial charge in [-0.05, 0) is 48.9 Å². The molecule has 1 heterocycles. The Morgan fingerprint density at radius 1 is 1.21 bits per heavy atom. The van der Waals surface area contributed by atoms with Crippen molar-refractivity contribution in [3.05, 3.63) is 76.8 Å². The number of nitrogens with zero attached hydrogens (tertiary/aromatic N) is 3. The van der Waals surface area contributed by atoms with Gasteiger partial charge in [0.1, 0.15) is 5.82 Å². The number of hydrogen-bond acceptors (Lipinski definition) is 3. The average Bonchev–Trinajstić information content (AvgIpc) is 3.11. The highest BCUT2D eigenvalue weighted by molar-refractivity contribution is 6.30. The van der Waals surface area contributed by atoms with Crippen molar-refractivity contribution in [3.63, 3.8) is 0 Å². The molecule has 3 aromatic rings. The molecule has 0 aliphatic heterocycles. The molecule has 0 spiro atoms. The first-order valence-corrected chi connectivity index (χ1v) is 9.40. The zero-order valence-electron chi connectivity index (χ0n) is 16.0. The lowest BCUT2D eigenvalue weighted by Gasteiger charge is -2.17. The molecular weight excluding hydrogens is 395 g/mol. The molecule has 1 N–H and O–H groups in total. The number of halogens is 2. The monoisotopic (exact) mass is 414 g/mol. The summed E-state index contributed by atoms with van der Waals surface area (Å²) in [6.45, 7) is 1.77. The van der Waals surface area contributed by atoms with E-state index in [1.807, 2.05) is 6.92 Å². The summed E-state index contributed by atoms with van der Waals surface area (Å²) < 4.78 is 14.8. The number of hydrogen-bond donors (Lipinski definition) is 1. The smallest absolute Gasteiger partial charge is 0.257 e. The molecule has 0 aliphatic carbocycles. The van der Waals surface area contributed by atoms with E-state index in [1.165, 1.54) is 23.2 Å². The van der Waals surface area contributed by atoms with Crippen molar-refractivity contribution in [1.29, 1.82) is 0 Å². The normalized spacial score (nSPS) is 10.6. The van der Waals surface area contributed by atoms with Gasteiger partial charge >= 0.3 is 0 Å². The van der Waals surface area contributed by atoms with Gasteiger partial charge in [0.2, 0.25) is 5.91 Å². The number of aromatic nitrogens is 2. The molecule has 1 aromatic heterocycles. The first-order valence-electron chi connectivity index (χ1n) is 9.02. The summed E-state index contributed by atoms with van der Waals surface area (Å²) in [7, 11) is 1.55. The van der Waals surface area contributed by atoms with Crippen LogP contribution in [0.25, 0.3) is 5.69 Å². The molecule has 8 heteroatoms. The minimum atomic E-state index is -0.347. The Kier molecular flexibility index (Phi) is 6.29. The van der Waals surface area contributed by atoms with Gasteiger partial charge in [-0.3, -0.25) is 9.59 Å². The molecule has 0 bridgehead atoms. The van der Waals surface area contributed by atoms with Crippen LogP contribution in [0.5, 0.6) is 0 Å². The molecule has 2 amide bonds. The van der Waals surface area contributed by atoms with Crippen LogP contribution in [0.15, 0.2) is 54.7 Å². The molecular formula is C21H20ClFN4O2. The summed E-state index contributed by atoms with van der Waals surface area (Å²) in [5.41, 5.74) is 2.30. The first-order chi connectivity index (χ1) is 13.9. The third-order valence-corrected chi connectivity index (χ3v) is 4.58. The molecule has 0 radical (unpaired) electrons. The lowest BCUT2D eigenvalue weighted by Crippen LogP contribution is -2.35. The summed E-state index contributed by atoms with van der Waals surface area (Å²) in [5.74, 6) is -1.01. The zero-order chi connectivity index (χ0) is 21.0. The maximum absolute atomic E-state index is 13.2. The zero-order valence-corrected chi connectivity index (χ0v) is 16.8. The van der Waals surface area contributed by atoms with Gasteiger partial charge in [0, 0.05) is 17.8 Å². The number of benzene rings is 2. The maximum atomic E-state index is 13.2. The predicted octanol–water partition coefficient (Wildman–Crippen LogP) is 3.94. The SMILES string of the molecule is CCc1c(C(=O)N(C)CC(=O)Nc2cccc(Cl)c2)cnn1-c1ccc(F)cc1. The summed E-state index contributed by atoms with van der Waals surface area (Å²) in [5, 5.41) is 7.50. The Bertz CT molecular complexity index is 1030. The lowest BCUT2D eigenvalue weighted by atomic mass is 10.1. The van der Waals surface area contributed by atoms with Crippen molar-refractivity contribution < 1.29 is 14.0 Å². The molecule has 2 aromatic carbocycles. The van der Waals surface area contributed by atoms with Gasteiger partial charge in [-0.2, -0.15) is 5.10 Å². The number of carbonyl (C=O) groups excluding carboxylic acids is 2. The minimum Gasteiger partial charge on any atom is -0.332 e. The third kappa shape index (κ3) is 4.81. The van der Waals surface area contributed by atoms with Crippen LogP contribution in [-0.4, -0.2) is 40.1 Å². The summed E-state index contributed by atoms with van der Waals surface area (Å²) in [6, 6.07) is 12.6. The van der Waals surface area contributed by atoms with Gasteiger partial charge in [-0.15, -0.1) is 0 Å². The Morgan fingerprint density at radius 3 is 2.59 bits per heavy atom. The predicted molar refractivity (Wildman–Crippen MR) is 110 cm³/mol. The molecule has 0 saturated carbocycles. The van der Waals surface area contributed by atoms with E-state index in [0.717, 1.165) is 0 Å². The Labute approximate surface area is 172 Å². The van der Waals surface area contributed by atoms with Gasteiger partial charge in [0.15, 0.2) is 0 Å². The Morgan fingerprint density at radius 2 is 1.93 bits per heavy atom. The molecule has 0 saturated heterocycles. The largest absolute Gasteiger partial charge is 0.332 e. The molecule has 29 heavy (non-hydrogen) atoms. The van der Waals surface area contributed by atoms with Gasteiger partial charge < -0.3 is 10.2 Å². The van der Waals surface area contributed by atoms with Crippen LogP contribution < -0.4 is 5.32 Å². The molecule has 0 atom stereocenters. The lowest BCUT2D eigenvalue weighted by molar-refractivity contribution is -0.116. The number of likely N-dealkylation sites (N-methyl/N-ethyl adjacent to an activating group) is 1. The topological polar surface area (TPSA) is 67.2 Å². The minimum absolute atomic E-state index is 0.129. The number of amides is 2. The van der Waals surface area contributed by atoms with Crippen molar-refractivity contribution >= 4 is 29.1 Å². The summed E-state index contributed by atoms with van der Waals surface area (Å²) in [4.78, 5) is 26.5. The Balaban J connectivity index is 1.74. The Hall–Kier alpha value is -3.19. The van der Waals surface area contributed by atoms with Gasteiger partial charge in [-0.25, -0.2) is 9.07 Å². The fourth-order valence-corrected chi connectivity index (χ4v) is 3.15. The maximum Gasteiger partial charge on any atom is 0.257 e. The second kappa shape index (κ2) is 8.87. The third-order valence-electron chi connectivity index (χ3n) is 4.34. The van der Waals surface area contributed by atoms with Gasteiger partial charge in [0.05, 0.1) is 29.7 Å². The van der Waals surface area contributed by atoms with E-state index in [0.29, 0.717) is 34.1 Å². The van der Waals surface area contributed by atoms with E-state index >= 15 is 0 Å². The van der Waals surface area contributed by atoms with E-state index in [-0.39, 0.29) is 24.2 Å². The van der Waals surface area contributed by atoms with Crippen LogP contribution in [-0.2, 0) is 11.2 Å². The van der Waals surface area contributed by atoms with Crippen LogP contribution >= 0.6 is 11.6 Å². The summed E-state index contributed by atoms with van der Waals surface area (Å²) >= 11 is 5.91. The van der Waals surface area contributed by atoms with Crippen LogP contribution in [0.1, 0.15) is 23.0 Å². The highest BCUT2D eigenvalue weighted by Gasteiger charge is 2.22. The van der Waals surface area contributed by atoms with Crippen LogP contribution in [0.2, 0.25) is 5.02 Å². The quantitative estimate of drug-likeness (QED) is 0.664. The van der Waals surface area contributed by atoms with E-state index in [2.05, 4.69) is 10.4 Å². The fourth-order valence-electron chi connectivity index (χ4n) is 2.96. The molecule has 150 valence electrons. The van der Waals surface area contributed by atoms with Gasteiger partial charge in [0.25, 0.3) is 5.91 Å². The van der Waals surface area contributed by atoms with Gasteiger partial charge in [-0.1, -0.05) is 24.6 Å². The fraction of sp³-hybridized carbons (Fsp3) is 0.190. The van der Waals surface area contributed by atoms with E-state index in [4.69, 9.17) is 11.6 Å². The number of anilines is 1. The van der Waals surface area contributed by atoms with E-state index in [9.17, 15) is 14.0 Å². The van der Waals surface area contributed by atoms with E-state index < -0.39 is 0 Å². The summed E-state index contributed by atoms with van der Waals surface area (Å²) in [6.07, 6.45) is 2.01. The number of nitrogens with one attached hydrogen (secondary N) is 1. The first kappa shape index (κ1) is 20.5. The van der Waals surface area contributed by atoms with Crippen molar-refractivity contribution in [2.24, 2.45) is 0 Å². The molecule has 0 unspecified atom stereocenters. The molecule has 0 aliphatic rings. The van der Waals surface area contributed by atoms with Crippen molar-refractivity contribution in [2.75, 3.05) is 18.9 Å². The number of carbonyl (C=O) groups is 2. The molecule has 3 rings (SSSR count). The molecule has 0 fully saturated rings. The van der Waals surface area contributed by atoms with E-state index in [1.54, 1.807) is 48.1 Å². The van der Waals surface area contributed by atoms with Crippen molar-refractivity contribution in [1.82, 2.24) is 14.7 Å². The van der Waals surface area contributed by atoms with Crippen LogP contribution in [0, 0.1) is 5.82 Å². The second-order valence-corrected chi connectivity index (χ2v) is 6.90. The highest BCUT2D eigenvalue weighted by atomic mass is 35.5. The standard InChI is InChI=1S/C21H20ClFN4O2/c1-3-19-18(12-24-27(19)17-9-7-15(23)8-10-17)21(29)26(2)13-20(28)25-16-6-4-5-14(22)11-16/h4-12H,3,13H2,1-2H3,(H,25,28). The van der Waals surface area contributed by atoms with Crippen LogP contribution in [0.3, 0.4) is 0 Å². The average molecular weight is 415 g/mol. The second-order valence-electron chi connectivity index (χ2n) is 6.47. The van der Waals surface area contributed by atoms with Crippen molar-refractivity contribution in [2.45, 2.75) is 13.3 Å². The van der Waals surface area contributed by atoms with Crippen LogP contribution in [0.4, 0.5) is 10.1 Å².